The van der Waals surface area contributed by atoms with Gasteiger partial charge in [0.2, 0.25) is 0 Å². The van der Waals surface area contributed by atoms with Crippen molar-refractivity contribution in [1.82, 2.24) is 5.43 Å². The molecular weight excluding hydrogens is 212 g/mol. The molecule has 2 aliphatic rings. The summed E-state index contributed by atoms with van der Waals surface area (Å²) in [5.74, 6) is 7.09. The van der Waals surface area contributed by atoms with Crippen LogP contribution in [-0.4, -0.2) is 17.2 Å². The van der Waals surface area contributed by atoms with Crippen LogP contribution in [0.25, 0.3) is 0 Å². The molecule has 3 heteroatoms. The maximum absolute atomic E-state index is 6.20. The molecule has 3 N–H and O–H groups in total. The normalized spacial score (nSPS) is 34.1. The molecule has 1 saturated carbocycles. The molecule has 1 aliphatic heterocycles. The summed E-state index contributed by atoms with van der Waals surface area (Å²) in [5.41, 5.74) is 3.02. The van der Waals surface area contributed by atoms with Crippen molar-refractivity contribution in [3.63, 3.8) is 0 Å². The zero-order valence-electron chi connectivity index (χ0n) is 11.8. The summed E-state index contributed by atoms with van der Waals surface area (Å²) in [6, 6.07) is 0.411. The summed E-state index contributed by atoms with van der Waals surface area (Å²) >= 11 is 0. The molecule has 1 saturated heterocycles. The van der Waals surface area contributed by atoms with Gasteiger partial charge in [-0.15, -0.1) is 0 Å². The molecule has 17 heavy (non-hydrogen) atoms. The van der Waals surface area contributed by atoms with E-state index in [-0.39, 0.29) is 11.2 Å². The number of hydrogen-bond donors (Lipinski definition) is 2. The van der Waals surface area contributed by atoms with E-state index in [1.54, 1.807) is 0 Å². The first-order chi connectivity index (χ1) is 7.86. The van der Waals surface area contributed by atoms with Crippen LogP contribution in [0.15, 0.2) is 0 Å². The average Bonchev–Trinajstić information content (AvgIpc) is 2.74. The number of ether oxygens (including phenoxy) is 1. The van der Waals surface area contributed by atoms with E-state index in [9.17, 15) is 0 Å². The molecule has 0 radical (unpaired) electrons. The monoisotopic (exact) mass is 240 g/mol. The maximum Gasteiger partial charge on any atom is 0.0678 e. The van der Waals surface area contributed by atoms with Crippen LogP contribution >= 0.6 is 0 Å². The van der Waals surface area contributed by atoms with Gasteiger partial charge >= 0.3 is 0 Å². The lowest BCUT2D eigenvalue weighted by atomic mass is 9.76. The lowest BCUT2D eigenvalue weighted by Gasteiger charge is -2.35. The Kier molecular flexibility index (Phi) is 3.54. The lowest BCUT2D eigenvalue weighted by molar-refractivity contribution is -0.0795. The van der Waals surface area contributed by atoms with E-state index < -0.39 is 0 Å². The van der Waals surface area contributed by atoms with Crippen molar-refractivity contribution >= 4 is 0 Å². The van der Waals surface area contributed by atoms with Crippen molar-refractivity contribution in [3.8, 4) is 0 Å². The molecular formula is C14H28N2O. The fraction of sp³-hybridized carbons (Fsp3) is 1.00. The smallest absolute Gasteiger partial charge is 0.0678 e. The summed E-state index contributed by atoms with van der Waals surface area (Å²) in [7, 11) is 0. The molecule has 100 valence electrons. The van der Waals surface area contributed by atoms with Crippen molar-refractivity contribution in [3.05, 3.63) is 0 Å². The first-order valence-electron chi connectivity index (χ1n) is 7.02. The third-order valence-electron chi connectivity index (χ3n) is 4.68. The van der Waals surface area contributed by atoms with Crippen LogP contribution in [0.4, 0.5) is 0 Å². The highest BCUT2D eigenvalue weighted by molar-refractivity contribution is 5.01. The highest BCUT2D eigenvalue weighted by atomic mass is 16.5. The Morgan fingerprint density at radius 2 is 1.76 bits per heavy atom. The second-order valence-corrected chi connectivity index (χ2v) is 7.01. The molecule has 1 heterocycles. The van der Waals surface area contributed by atoms with Gasteiger partial charge in [0, 0.05) is 12.0 Å². The van der Waals surface area contributed by atoms with Gasteiger partial charge in [-0.05, 0) is 52.9 Å². The van der Waals surface area contributed by atoms with E-state index in [2.05, 4.69) is 33.1 Å². The van der Waals surface area contributed by atoms with Gasteiger partial charge in [0.15, 0.2) is 0 Å². The van der Waals surface area contributed by atoms with Crippen molar-refractivity contribution < 1.29 is 4.74 Å². The standard InChI is InChI=1S/C14H28N2O/c1-13(2)9-11(14(3,4)17-13)12(16-15)10-7-5-6-8-10/h10-12,16H,5-9,15H2,1-4H3. The molecule has 2 fully saturated rings. The molecule has 2 rings (SSSR count). The molecule has 0 aromatic rings. The van der Waals surface area contributed by atoms with Crippen molar-refractivity contribution in [1.29, 1.82) is 0 Å². The summed E-state index contributed by atoms with van der Waals surface area (Å²) in [5, 5.41) is 0. The number of rotatable bonds is 3. The van der Waals surface area contributed by atoms with E-state index in [0.29, 0.717) is 12.0 Å². The Labute approximate surface area is 105 Å². The zero-order chi connectivity index (χ0) is 12.7. The lowest BCUT2D eigenvalue weighted by Crippen LogP contribution is -2.50. The molecule has 0 bridgehead atoms. The van der Waals surface area contributed by atoms with Gasteiger partial charge in [-0.1, -0.05) is 12.8 Å². The fourth-order valence-electron chi connectivity index (χ4n) is 4.06. The molecule has 0 spiro atoms. The fourth-order valence-corrected chi connectivity index (χ4v) is 4.06. The van der Waals surface area contributed by atoms with Crippen molar-refractivity contribution in [2.45, 2.75) is 77.0 Å². The van der Waals surface area contributed by atoms with Crippen LogP contribution in [0.1, 0.15) is 59.8 Å². The van der Waals surface area contributed by atoms with E-state index in [0.717, 1.165) is 12.3 Å². The summed E-state index contributed by atoms with van der Waals surface area (Å²) in [6.07, 6.45) is 6.47. The molecule has 3 nitrogen and oxygen atoms in total. The SMILES string of the molecule is CC1(C)CC(C(NN)C2CCCC2)C(C)(C)O1. The molecule has 0 amide bonds. The minimum Gasteiger partial charge on any atom is -0.369 e. The number of hydrogen-bond acceptors (Lipinski definition) is 3. The maximum atomic E-state index is 6.20. The van der Waals surface area contributed by atoms with E-state index in [4.69, 9.17) is 10.6 Å². The van der Waals surface area contributed by atoms with Crippen LogP contribution in [0.5, 0.6) is 0 Å². The summed E-state index contributed by atoms with van der Waals surface area (Å²) in [4.78, 5) is 0. The van der Waals surface area contributed by atoms with Crippen molar-refractivity contribution in [2.24, 2.45) is 17.7 Å². The van der Waals surface area contributed by atoms with Crippen LogP contribution in [0, 0.1) is 11.8 Å². The zero-order valence-corrected chi connectivity index (χ0v) is 11.8. The number of hydrazine groups is 1. The molecule has 1 aliphatic carbocycles. The predicted molar refractivity (Wildman–Crippen MR) is 70.4 cm³/mol. The Morgan fingerprint density at radius 1 is 1.18 bits per heavy atom. The van der Waals surface area contributed by atoms with E-state index in [1.807, 2.05) is 0 Å². The predicted octanol–water partition coefficient (Wildman–Crippen LogP) is 2.60. The van der Waals surface area contributed by atoms with Crippen LogP contribution in [0.2, 0.25) is 0 Å². The number of nitrogens with two attached hydrogens (primary N) is 1. The largest absolute Gasteiger partial charge is 0.369 e. The van der Waals surface area contributed by atoms with Gasteiger partial charge < -0.3 is 4.74 Å². The van der Waals surface area contributed by atoms with Gasteiger partial charge in [-0.3, -0.25) is 11.3 Å². The summed E-state index contributed by atoms with van der Waals surface area (Å²) < 4.78 is 6.20. The highest BCUT2D eigenvalue weighted by Crippen LogP contribution is 2.46. The van der Waals surface area contributed by atoms with E-state index >= 15 is 0 Å². The average molecular weight is 240 g/mol. The first kappa shape index (κ1) is 13.3. The van der Waals surface area contributed by atoms with Gasteiger partial charge in [0.1, 0.15) is 0 Å². The minimum atomic E-state index is -0.0663. The minimum absolute atomic E-state index is 0.0120. The van der Waals surface area contributed by atoms with Gasteiger partial charge in [-0.25, -0.2) is 0 Å². The summed E-state index contributed by atoms with van der Waals surface area (Å²) in [6.45, 7) is 8.81. The van der Waals surface area contributed by atoms with Crippen molar-refractivity contribution in [2.75, 3.05) is 0 Å². The highest BCUT2D eigenvalue weighted by Gasteiger charge is 2.50. The van der Waals surface area contributed by atoms with Crippen LogP contribution < -0.4 is 11.3 Å². The van der Waals surface area contributed by atoms with Gasteiger partial charge in [0.05, 0.1) is 11.2 Å². The second-order valence-electron chi connectivity index (χ2n) is 7.01. The number of nitrogens with one attached hydrogen (secondary N) is 1. The molecule has 0 aromatic heterocycles. The Hall–Kier alpha value is -0.120. The second kappa shape index (κ2) is 4.52. The van der Waals surface area contributed by atoms with Gasteiger partial charge in [0.25, 0.3) is 0 Å². The molecule has 2 atom stereocenters. The molecule has 0 aromatic carbocycles. The third-order valence-corrected chi connectivity index (χ3v) is 4.68. The Morgan fingerprint density at radius 3 is 2.18 bits per heavy atom. The molecule has 2 unspecified atom stereocenters. The first-order valence-corrected chi connectivity index (χ1v) is 7.02. The van der Waals surface area contributed by atoms with Gasteiger partial charge in [-0.2, -0.15) is 0 Å². The topological polar surface area (TPSA) is 47.3 Å². The third kappa shape index (κ3) is 2.67. The van der Waals surface area contributed by atoms with E-state index in [1.165, 1.54) is 25.7 Å². The Balaban J connectivity index is 2.13. The quantitative estimate of drug-likeness (QED) is 0.589. The Bertz CT molecular complexity index is 269. The van der Waals surface area contributed by atoms with Crippen LogP contribution in [0.3, 0.4) is 0 Å². The van der Waals surface area contributed by atoms with Crippen LogP contribution in [-0.2, 0) is 4.74 Å².